The molecule has 2 aromatic rings. The number of hydrogen-bond acceptors (Lipinski definition) is 6. The average Bonchev–Trinajstić information content (AvgIpc) is 2.82. The van der Waals surface area contributed by atoms with Gasteiger partial charge in [0.25, 0.3) is 10.0 Å². The van der Waals surface area contributed by atoms with E-state index in [0.29, 0.717) is 18.0 Å². The van der Waals surface area contributed by atoms with Gasteiger partial charge >= 0.3 is 0 Å². The predicted octanol–water partition coefficient (Wildman–Crippen LogP) is 1.64. The number of methoxy groups -OCH3 is 1. The van der Waals surface area contributed by atoms with Crippen LogP contribution in [0.1, 0.15) is 6.42 Å². The lowest BCUT2D eigenvalue weighted by atomic mass is 10.3. The first kappa shape index (κ1) is 24.0. The summed E-state index contributed by atoms with van der Waals surface area (Å²) in [7, 11) is -0.238. The Morgan fingerprint density at radius 2 is 1.69 bits per heavy atom. The third kappa shape index (κ3) is 6.44. The molecule has 1 amide bonds. The fourth-order valence-corrected chi connectivity index (χ4v) is 5.01. The van der Waals surface area contributed by atoms with Crippen LogP contribution in [0.25, 0.3) is 0 Å². The van der Waals surface area contributed by atoms with E-state index in [0.717, 1.165) is 43.4 Å². The van der Waals surface area contributed by atoms with Crippen LogP contribution >= 0.6 is 0 Å². The predicted molar refractivity (Wildman–Crippen MR) is 126 cm³/mol. The lowest BCUT2D eigenvalue weighted by molar-refractivity contribution is -0.119. The van der Waals surface area contributed by atoms with Crippen LogP contribution in [-0.2, 0) is 14.8 Å². The molecule has 1 fully saturated rings. The zero-order chi connectivity index (χ0) is 23.0. The Labute approximate surface area is 190 Å². The summed E-state index contributed by atoms with van der Waals surface area (Å²) in [4.78, 5) is 17.5. The average molecular weight is 461 g/mol. The van der Waals surface area contributed by atoms with Crippen LogP contribution < -0.4 is 14.4 Å². The number of amides is 1. The molecule has 1 N–H and O–H groups in total. The fourth-order valence-electron chi connectivity index (χ4n) is 3.57. The third-order valence-corrected chi connectivity index (χ3v) is 7.34. The SMILES string of the molecule is COc1ccc(N(CC(=O)NCCCN2CCN(C)CC2)S(=O)(=O)c2ccccc2)cc1. The van der Waals surface area contributed by atoms with Gasteiger partial charge in [0.2, 0.25) is 5.91 Å². The maximum absolute atomic E-state index is 13.3. The highest BCUT2D eigenvalue weighted by atomic mass is 32.2. The Balaban J connectivity index is 1.63. The number of carbonyl (C=O) groups is 1. The number of piperazine rings is 1. The Kier molecular flexibility index (Phi) is 8.49. The second-order valence-corrected chi connectivity index (χ2v) is 9.73. The molecule has 9 heteroatoms. The van der Waals surface area contributed by atoms with Crippen LogP contribution in [0.5, 0.6) is 5.75 Å². The van der Waals surface area contributed by atoms with Crippen molar-refractivity contribution < 1.29 is 17.9 Å². The number of benzene rings is 2. The third-order valence-electron chi connectivity index (χ3n) is 5.55. The summed E-state index contributed by atoms with van der Waals surface area (Å²) < 4.78 is 32.9. The van der Waals surface area contributed by atoms with Crippen LogP contribution in [0.3, 0.4) is 0 Å². The van der Waals surface area contributed by atoms with Gasteiger partial charge in [0, 0.05) is 32.7 Å². The molecular weight excluding hydrogens is 428 g/mol. The first-order chi connectivity index (χ1) is 15.4. The van der Waals surface area contributed by atoms with Crippen LogP contribution in [0.4, 0.5) is 5.69 Å². The molecule has 0 radical (unpaired) electrons. The van der Waals surface area contributed by atoms with Crippen LogP contribution in [0.2, 0.25) is 0 Å². The summed E-state index contributed by atoms with van der Waals surface area (Å²) in [6.07, 6.45) is 0.823. The van der Waals surface area contributed by atoms with Crippen molar-refractivity contribution in [3.8, 4) is 5.75 Å². The Morgan fingerprint density at radius 3 is 2.31 bits per heavy atom. The second-order valence-electron chi connectivity index (χ2n) is 7.87. The van der Waals surface area contributed by atoms with Crippen LogP contribution in [0, 0.1) is 0 Å². The molecule has 174 valence electrons. The number of anilines is 1. The molecule has 32 heavy (non-hydrogen) atoms. The number of ether oxygens (including phenoxy) is 1. The summed E-state index contributed by atoms with van der Waals surface area (Å²) in [6, 6.07) is 14.8. The Morgan fingerprint density at radius 1 is 1.03 bits per heavy atom. The molecule has 1 aliphatic rings. The summed E-state index contributed by atoms with van der Waals surface area (Å²) in [5.74, 6) is 0.276. The van der Waals surface area contributed by atoms with E-state index < -0.39 is 10.0 Å². The van der Waals surface area contributed by atoms with Crippen molar-refractivity contribution in [3.05, 3.63) is 54.6 Å². The number of nitrogens with one attached hydrogen (secondary N) is 1. The quantitative estimate of drug-likeness (QED) is 0.543. The van der Waals surface area contributed by atoms with E-state index in [1.807, 2.05) is 0 Å². The zero-order valence-electron chi connectivity index (χ0n) is 18.7. The number of carbonyl (C=O) groups excluding carboxylic acids is 1. The van der Waals surface area contributed by atoms with Crippen molar-refractivity contribution in [2.45, 2.75) is 11.3 Å². The number of rotatable bonds is 10. The first-order valence-corrected chi connectivity index (χ1v) is 12.2. The van der Waals surface area contributed by atoms with Gasteiger partial charge in [0.05, 0.1) is 17.7 Å². The van der Waals surface area contributed by atoms with Crippen LogP contribution in [0.15, 0.2) is 59.5 Å². The van der Waals surface area contributed by atoms with E-state index in [1.54, 1.807) is 49.6 Å². The van der Waals surface area contributed by atoms with Crippen molar-refractivity contribution >= 4 is 21.6 Å². The van der Waals surface area contributed by atoms with E-state index in [9.17, 15) is 13.2 Å². The first-order valence-electron chi connectivity index (χ1n) is 10.8. The van der Waals surface area contributed by atoms with Crippen molar-refractivity contribution in [3.63, 3.8) is 0 Å². The van der Waals surface area contributed by atoms with E-state index in [2.05, 4.69) is 22.2 Å². The summed E-state index contributed by atoms with van der Waals surface area (Å²) >= 11 is 0. The number of hydrogen-bond donors (Lipinski definition) is 1. The van der Waals surface area contributed by atoms with Crippen molar-refractivity contribution in [2.75, 3.05) is 64.3 Å². The van der Waals surface area contributed by atoms with Gasteiger partial charge in [0.15, 0.2) is 0 Å². The zero-order valence-corrected chi connectivity index (χ0v) is 19.6. The minimum atomic E-state index is -3.90. The van der Waals surface area contributed by atoms with E-state index >= 15 is 0 Å². The molecule has 1 saturated heterocycles. The fraction of sp³-hybridized carbons (Fsp3) is 0.435. The van der Waals surface area contributed by atoms with Gasteiger partial charge < -0.3 is 19.9 Å². The van der Waals surface area contributed by atoms with E-state index in [1.165, 1.54) is 12.1 Å². The molecular formula is C23H32N4O4S. The standard InChI is InChI=1S/C23H32N4O4S/c1-25-15-17-26(18-16-25)14-6-13-24-23(28)19-27(20-9-11-21(31-2)12-10-20)32(29,30)22-7-4-3-5-8-22/h3-5,7-12H,6,13-19H2,1-2H3,(H,24,28). The molecule has 0 saturated carbocycles. The van der Waals surface area contributed by atoms with Gasteiger partial charge in [-0.15, -0.1) is 0 Å². The summed E-state index contributed by atoms with van der Waals surface area (Å²) in [6.45, 7) is 5.31. The van der Waals surface area contributed by atoms with Gasteiger partial charge in [-0.05, 0) is 56.4 Å². The van der Waals surface area contributed by atoms with E-state index in [-0.39, 0.29) is 17.3 Å². The molecule has 0 aliphatic carbocycles. The van der Waals surface area contributed by atoms with Crippen molar-refractivity contribution in [2.24, 2.45) is 0 Å². The Hall–Kier alpha value is -2.62. The summed E-state index contributed by atoms with van der Waals surface area (Å²) in [5.41, 5.74) is 0.405. The molecule has 0 aromatic heterocycles. The molecule has 1 aliphatic heterocycles. The number of likely N-dealkylation sites (N-methyl/N-ethyl adjacent to an activating group) is 1. The second kappa shape index (κ2) is 11.3. The minimum Gasteiger partial charge on any atom is -0.497 e. The summed E-state index contributed by atoms with van der Waals surface area (Å²) in [5, 5.41) is 2.87. The van der Waals surface area contributed by atoms with Gasteiger partial charge in [-0.2, -0.15) is 0 Å². The number of sulfonamides is 1. The molecule has 0 atom stereocenters. The van der Waals surface area contributed by atoms with Gasteiger partial charge in [0.1, 0.15) is 12.3 Å². The van der Waals surface area contributed by atoms with Crippen LogP contribution in [-0.4, -0.2) is 84.1 Å². The maximum Gasteiger partial charge on any atom is 0.264 e. The number of nitrogens with zero attached hydrogens (tertiary/aromatic N) is 3. The van der Waals surface area contributed by atoms with Gasteiger partial charge in [-0.3, -0.25) is 9.10 Å². The minimum absolute atomic E-state index is 0.138. The maximum atomic E-state index is 13.3. The molecule has 0 bridgehead atoms. The topological polar surface area (TPSA) is 82.2 Å². The Bertz CT molecular complexity index is 959. The molecule has 0 unspecified atom stereocenters. The largest absolute Gasteiger partial charge is 0.497 e. The molecule has 3 rings (SSSR count). The molecule has 1 heterocycles. The molecule has 2 aromatic carbocycles. The van der Waals surface area contributed by atoms with Gasteiger partial charge in [-0.1, -0.05) is 18.2 Å². The van der Waals surface area contributed by atoms with Crippen molar-refractivity contribution in [1.82, 2.24) is 15.1 Å². The van der Waals surface area contributed by atoms with E-state index in [4.69, 9.17) is 4.74 Å². The molecule has 8 nitrogen and oxygen atoms in total. The highest BCUT2D eigenvalue weighted by molar-refractivity contribution is 7.92. The van der Waals surface area contributed by atoms with Crippen molar-refractivity contribution in [1.29, 1.82) is 0 Å². The lowest BCUT2D eigenvalue weighted by Gasteiger charge is -2.32. The lowest BCUT2D eigenvalue weighted by Crippen LogP contribution is -2.45. The smallest absolute Gasteiger partial charge is 0.264 e. The monoisotopic (exact) mass is 460 g/mol. The highest BCUT2D eigenvalue weighted by Gasteiger charge is 2.27. The normalized spacial score (nSPS) is 15.3. The molecule has 0 spiro atoms. The highest BCUT2D eigenvalue weighted by Crippen LogP contribution is 2.25. The van der Waals surface area contributed by atoms with Gasteiger partial charge in [-0.25, -0.2) is 8.42 Å².